The maximum atomic E-state index is 5.96. The Balaban J connectivity index is 1.43. The zero-order valence-electron chi connectivity index (χ0n) is 17.1. The Morgan fingerprint density at radius 3 is 2.27 bits per heavy atom. The van der Waals surface area contributed by atoms with Crippen molar-refractivity contribution in [3.63, 3.8) is 0 Å². The van der Waals surface area contributed by atoms with Crippen molar-refractivity contribution in [3.8, 4) is 5.75 Å². The van der Waals surface area contributed by atoms with Gasteiger partial charge in [-0.05, 0) is 28.8 Å². The Morgan fingerprint density at radius 2 is 1.63 bits per heavy atom. The summed E-state index contributed by atoms with van der Waals surface area (Å²) in [5.41, 5.74) is 3.98. The monoisotopic (exact) mass is 398 g/mol. The van der Waals surface area contributed by atoms with Gasteiger partial charge in [0, 0.05) is 6.54 Å². The average Bonchev–Trinajstić information content (AvgIpc) is 3.60. The van der Waals surface area contributed by atoms with Gasteiger partial charge in [-0.1, -0.05) is 84.9 Å². The molecular formula is C26H26N2O2. The molecular weight excluding hydrogens is 372 g/mol. The third kappa shape index (κ3) is 5.03. The maximum absolute atomic E-state index is 5.96. The summed E-state index contributed by atoms with van der Waals surface area (Å²) in [5, 5.41) is 3.43. The van der Waals surface area contributed by atoms with Gasteiger partial charge in [-0.25, -0.2) is 0 Å². The molecule has 30 heavy (non-hydrogen) atoms. The Kier molecular flexibility index (Phi) is 6.38. The van der Waals surface area contributed by atoms with Gasteiger partial charge in [-0.3, -0.25) is 10.3 Å². The minimum Gasteiger partial charge on any atom is -0.497 e. The zero-order chi connectivity index (χ0) is 20.7. The molecule has 4 rings (SSSR count). The lowest BCUT2D eigenvalue weighted by Gasteiger charge is -2.14. The van der Waals surface area contributed by atoms with Gasteiger partial charge in [0.1, 0.15) is 11.4 Å². The van der Waals surface area contributed by atoms with Gasteiger partial charge in [-0.2, -0.15) is 0 Å². The summed E-state index contributed by atoms with van der Waals surface area (Å²) >= 11 is 0. The molecule has 1 heterocycles. The highest BCUT2D eigenvalue weighted by Gasteiger charge is 2.44. The quantitative estimate of drug-likeness (QED) is 0.324. The third-order valence-electron chi connectivity index (χ3n) is 5.07. The van der Waals surface area contributed by atoms with Gasteiger partial charge in [0.2, 0.25) is 0 Å². The fourth-order valence-corrected chi connectivity index (χ4v) is 3.31. The van der Waals surface area contributed by atoms with Crippen LogP contribution in [0.4, 0.5) is 0 Å². The molecule has 1 aliphatic rings. The number of hydrogen-bond acceptors (Lipinski definition) is 4. The molecule has 1 atom stereocenters. The predicted octanol–water partition coefficient (Wildman–Crippen LogP) is 4.67. The number of rotatable bonds is 9. The molecule has 3 aromatic carbocycles. The van der Waals surface area contributed by atoms with E-state index in [1.807, 2.05) is 60.7 Å². The Bertz CT molecular complexity index is 992. The fourth-order valence-electron chi connectivity index (χ4n) is 3.31. The lowest BCUT2D eigenvalue weighted by Crippen LogP contribution is -2.18. The van der Waals surface area contributed by atoms with E-state index >= 15 is 0 Å². The maximum Gasteiger partial charge on any atom is 0.149 e. The normalized spacial score (nSPS) is 18.5. The van der Waals surface area contributed by atoms with E-state index in [1.54, 1.807) is 7.11 Å². The molecule has 1 N–H and O–H groups in total. The van der Waals surface area contributed by atoms with Crippen LogP contribution in [-0.4, -0.2) is 32.6 Å². The number of nitrogens with one attached hydrogen (secondary N) is 1. The molecule has 0 saturated carbocycles. The standard InChI is InChI=1S/C26H26N2O2/c1-29-24-16-14-21(15-17-24)9-8-18-30-19-25(22-10-4-2-5-11-22)28-26(20-27-26)23-12-6-3-7-13-23/h2-17,27H,18-20H2,1H3/b9-8+,28-25-. The molecule has 0 aliphatic carbocycles. The third-order valence-corrected chi connectivity index (χ3v) is 5.07. The number of ether oxygens (including phenoxy) is 2. The van der Waals surface area contributed by atoms with E-state index < -0.39 is 0 Å². The largest absolute Gasteiger partial charge is 0.497 e. The van der Waals surface area contributed by atoms with Crippen LogP contribution in [0.25, 0.3) is 6.08 Å². The van der Waals surface area contributed by atoms with Crippen LogP contribution in [0.5, 0.6) is 5.75 Å². The van der Waals surface area contributed by atoms with Crippen LogP contribution in [0.2, 0.25) is 0 Å². The first-order valence-electron chi connectivity index (χ1n) is 10.1. The highest BCUT2D eigenvalue weighted by atomic mass is 16.5. The average molecular weight is 399 g/mol. The second kappa shape index (κ2) is 9.53. The first-order valence-corrected chi connectivity index (χ1v) is 10.1. The van der Waals surface area contributed by atoms with Crippen LogP contribution >= 0.6 is 0 Å². The molecule has 1 unspecified atom stereocenters. The lowest BCUT2D eigenvalue weighted by molar-refractivity contribution is 0.204. The fraction of sp³-hybridized carbons (Fsp3) is 0.192. The van der Waals surface area contributed by atoms with E-state index in [1.165, 1.54) is 5.56 Å². The Hall–Kier alpha value is -3.21. The van der Waals surface area contributed by atoms with Crippen LogP contribution in [-0.2, 0) is 10.4 Å². The minimum atomic E-state index is -0.339. The second-order valence-electron chi connectivity index (χ2n) is 7.20. The van der Waals surface area contributed by atoms with Crippen LogP contribution in [0.1, 0.15) is 16.7 Å². The topological polar surface area (TPSA) is 52.8 Å². The number of hydrogen-bond donors (Lipinski definition) is 1. The van der Waals surface area contributed by atoms with Crippen LogP contribution in [0, 0.1) is 0 Å². The molecule has 1 saturated heterocycles. The number of aliphatic imine (C=N–C) groups is 1. The predicted molar refractivity (Wildman–Crippen MR) is 122 cm³/mol. The number of methoxy groups -OCH3 is 1. The van der Waals surface area contributed by atoms with Gasteiger partial charge in [0.05, 0.1) is 26.0 Å². The SMILES string of the molecule is COc1ccc(/C=C/COC/C(=N/C2(c3ccccc3)CN2)c2ccccc2)cc1. The number of nitrogens with zero attached hydrogens (tertiary/aromatic N) is 1. The van der Waals surface area contributed by atoms with Gasteiger partial charge in [0.25, 0.3) is 0 Å². The van der Waals surface area contributed by atoms with Crippen molar-refractivity contribution in [1.82, 2.24) is 5.32 Å². The zero-order valence-corrected chi connectivity index (χ0v) is 17.1. The van der Waals surface area contributed by atoms with Crippen molar-refractivity contribution in [2.24, 2.45) is 4.99 Å². The van der Waals surface area contributed by atoms with Gasteiger partial charge >= 0.3 is 0 Å². The molecule has 0 bridgehead atoms. The molecule has 3 aromatic rings. The van der Waals surface area contributed by atoms with E-state index in [0.29, 0.717) is 13.2 Å². The van der Waals surface area contributed by atoms with Gasteiger partial charge < -0.3 is 9.47 Å². The van der Waals surface area contributed by atoms with E-state index in [0.717, 1.165) is 29.1 Å². The van der Waals surface area contributed by atoms with Gasteiger partial charge in [0.15, 0.2) is 0 Å². The molecule has 1 fully saturated rings. The summed E-state index contributed by atoms with van der Waals surface area (Å²) in [6, 6.07) is 28.5. The molecule has 4 heteroatoms. The Labute approximate surface area is 177 Å². The summed E-state index contributed by atoms with van der Waals surface area (Å²) in [5.74, 6) is 0.855. The van der Waals surface area contributed by atoms with E-state index in [9.17, 15) is 0 Å². The number of benzene rings is 3. The van der Waals surface area contributed by atoms with Gasteiger partial charge in [-0.15, -0.1) is 0 Å². The highest BCUT2D eigenvalue weighted by molar-refractivity contribution is 6.02. The van der Waals surface area contributed by atoms with Crippen molar-refractivity contribution in [3.05, 3.63) is 108 Å². The van der Waals surface area contributed by atoms with Crippen molar-refractivity contribution in [2.75, 3.05) is 26.9 Å². The summed E-state index contributed by atoms with van der Waals surface area (Å²) in [6.45, 7) is 1.81. The van der Waals surface area contributed by atoms with Crippen LogP contribution < -0.4 is 10.1 Å². The van der Waals surface area contributed by atoms with Crippen molar-refractivity contribution >= 4 is 11.8 Å². The molecule has 0 aromatic heterocycles. The first kappa shape index (κ1) is 20.1. The van der Waals surface area contributed by atoms with E-state index in [2.05, 4.69) is 41.7 Å². The summed E-state index contributed by atoms with van der Waals surface area (Å²) in [4.78, 5) is 5.08. The van der Waals surface area contributed by atoms with E-state index in [4.69, 9.17) is 14.5 Å². The summed E-state index contributed by atoms with van der Waals surface area (Å²) < 4.78 is 11.1. The van der Waals surface area contributed by atoms with Crippen molar-refractivity contribution < 1.29 is 9.47 Å². The summed E-state index contributed by atoms with van der Waals surface area (Å²) in [7, 11) is 1.67. The summed E-state index contributed by atoms with van der Waals surface area (Å²) in [6.07, 6.45) is 4.07. The molecule has 0 spiro atoms. The Morgan fingerprint density at radius 1 is 0.967 bits per heavy atom. The molecule has 4 nitrogen and oxygen atoms in total. The van der Waals surface area contributed by atoms with Crippen molar-refractivity contribution in [2.45, 2.75) is 5.66 Å². The lowest BCUT2D eigenvalue weighted by atomic mass is 10.1. The molecule has 0 radical (unpaired) electrons. The minimum absolute atomic E-state index is 0.339. The second-order valence-corrected chi connectivity index (χ2v) is 7.20. The smallest absolute Gasteiger partial charge is 0.149 e. The van der Waals surface area contributed by atoms with Crippen LogP contribution in [0.15, 0.2) is 96.0 Å². The van der Waals surface area contributed by atoms with E-state index in [-0.39, 0.29) is 5.66 Å². The molecule has 152 valence electrons. The first-order chi connectivity index (χ1) is 14.8. The highest BCUT2D eigenvalue weighted by Crippen LogP contribution is 2.33. The van der Waals surface area contributed by atoms with Crippen molar-refractivity contribution in [1.29, 1.82) is 0 Å². The molecule has 1 aliphatic heterocycles. The van der Waals surface area contributed by atoms with Crippen LogP contribution in [0.3, 0.4) is 0 Å². The molecule has 0 amide bonds.